The van der Waals surface area contributed by atoms with Crippen LogP contribution in [0.2, 0.25) is 5.02 Å². The maximum absolute atomic E-state index is 6.00. The maximum atomic E-state index is 6.00. The highest BCUT2D eigenvalue weighted by Gasteiger charge is 2.07. The fraction of sp³-hybridized carbons (Fsp3) is 0.455. The van der Waals surface area contributed by atoms with E-state index in [2.05, 4.69) is 15.9 Å². The molecule has 0 aliphatic carbocycles. The monoisotopic (exact) mass is 292 g/mol. The first kappa shape index (κ1) is 12.8. The van der Waals surface area contributed by atoms with Crippen LogP contribution in [-0.2, 0) is 4.74 Å². The second-order valence-corrected chi connectivity index (χ2v) is 4.61. The highest BCUT2D eigenvalue weighted by Crippen LogP contribution is 2.28. The topological polar surface area (TPSA) is 18.5 Å². The summed E-state index contributed by atoms with van der Waals surface area (Å²) in [6.45, 7) is 2.68. The van der Waals surface area contributed by atoms with Crippen molar-refractivity contribution >= 4 is 27.5 Å². The summed E-state index contributed by atoms with van der Waals surface area (Å²) in [5.74, 6) is 0.703. The standard InChI is InChI=1S/C11H14BrClO2/c1-8(5-6-14-2)15-11-7-9(12)3-4-10(11)13/h3-4,7-8H,5-6H2,1-2H3. The molecule has 0 amide bonds. The second-order valence-electron chi connectivity index (χ2n) is 3.28. The Hall–Kier alpha value is -0.250. The molecule has 0 heterocycles. The lowest BCUT2D eigenvalue weighted by Gasteiger charge is -2.15. The number of benzene rings is 1. The highest BCUT2D eigenvalue weighted by atomic mass is 79.9. The molecule has 1 aromatic rings. The Bertz CT molecular complexity index is 317. The molecule has 0 spiro atoms. The average molecular weight is 294 g/mol. The molecule has 2 nitrogen and oxygen atoms in total. The van der Waals surface area contributed by atoms with Crippen LogP contribution >= 0.6 is 27.5 Å². The van der Waals surface area contributed by atoms with Crippen LogP contribution in [0.4, 0.5) is 0 Å². The maximum Gasteiger partial charge on any atom is 0.139 e. The number of halogens is 2. The van der Waals surface area contributed by atoms with E-state index >= 15 is 0 Å². The lowest BCUT2D eigenvalue weighted by atomic mass is 10.3. The third-order valence-corrected chi connectivity index (χ3v) is 2.76. The van der Waals surface area contributed by atoms with Gasteiger partial charge in [0.1, 0.15) is 5.75 Å². The Morgan fingerprint density at radius 3 is 2.87 bits per heavy atom. The van der Waals surface area contributed by atoms with E-state index in [0.29, 0.717) is 17.4 Å². The second kappa shape index (κ2) is 6.36. The fourth-order valence-corrected chi connectivity index (χ4v) is 1.63. The third-order valence-electron chi connectivity index (χ3n) is 1.95. The van der Waals surface area contributed by atoms with Gasteiger partial charge in [-0.25, -0.2) is 0 Å². The van der Waals surface area contributed by atoms with Gasteiger partial charge >= 0.3 is 0 Å². The summed E-state index contributed by atoms with van der Waals surface area (Å²) < 4.78 is 11.6. The first-order chi connectivity index (χ1) is 7.13. The van der Waals surface area contributed by atoms with Crippen molar-refractivity contribution in [2.24, 2.45) is 0 Å². The molecule has 1 rings (SSSR count). The third kappa shape index (κ3) is 4.41. The zero-order chi connectivity index (χ0) is 11.3. The Labute approximate surface area is 104 Å². The van der Waals surface area contributed by atoms with Gasteiger partial charge in [0.2, 0.25) is 0 Å². The van der Waals surface area contributed by atoms with E-state index in [9.17, 15) is 0 Å². The van der Waals surface area contributed by atoms with Crippen molar-refractivity contribution < 1.29 is 9.47 Å². The van der Waals surface area contributed by atoms with Crippen LogP contribution in [0, 0.1) is 0 Å². The smallest absolute Gasteiger partial charge is 0.139 e. The number of rotatable bonds is 5. The number of hydrogen-bond acceptors (Lipinski definition) is 2. The fourth-order valence-electron chi connectivity index (χ4n) is 1.13. The molecule has 0 bridgehead atoms. The van der Waals surface area contributed by atoms with Crippen LogP contribution in [0.5, 0.6) is 5.75 Å². The van der Waals surface area contributed by atoms with Crippen molar-refractivity contribution in [3.8, 4) is 5.75 Å². The van der Waals surface area contributed by atoms with E-state index in [1.54, 1.807) is 7.11 Å². The van der Waals surface area contributed by atoms with Gasteiger partial charge in [-0.2, -0.15) is 0 Å². The molecule has 0 aliphatic heterocycles. The lowest BCUT2D eigenvalue weighted by Crippen LogP contribution is -2.14. The molecule has 4 heteroatoms. The van der Waals surface area contributed by atoms with E-state index in [-0.39, 0.29) is 6.10 Å². The average Bonchev–Trinajstić information content (AvgIpc) is 2.20. The van der Waals surface area contributed by atoms with Crippen molar-refractivity contribution in [1.29, 1.82) is 0 Å². The minimum absolute atomic E-state index is 0.0942. The summed E-state index contributed by atoms with van der Waals surface area (Å²) >= 11 is 9.37. The van der Waals surface area contributed by atoms with Crippen molar-refractivity contribution in [2.45, 2.75) is 19.4 Å². The molecule has 1 aromatic carbocycles. The SMILES string of the molecule is COCCC(C)Oc1cc(Br)ccc1Cl. The van der Waals surface area contributed by atoms with Crippen LogP contribution in [0.15, 0.2) is 22.7 Å². The molecular weight excluding hydrogens is 279 g/mol. The van der Waals surface area contributed by atoms with Gasteiger partial charge in [0.25, 0.3) is 0 Å². The molecular formula is C11H14BrClO2. The molecule has 0 fully saturated rings. The Balaban J connectivity index is 2.59. The van der Waals surface area contributed by atoms with E-state index in [1.807, 2.05) is 25.1 Å². The van der Waals surface area contributed by atoms with Crippen LogP contribution in [-0.4, -0.2) is 19.8 Å². The van der Waals surface area contributed by atoms with Gasteiger partial charge < -0.3 is 9.47 Å². The van der Waals surface area contributed by atoms with E-state index < -0.39 is 0 Å². The van der Waals surface area contributed by atoms with Crippen molar-refractivity contribution in [3.63, 3.8) is 0 Å². The normalized spacial score (nSPS) is 12.5. The summed E-state index contributed by atoms with van der Waals surface area (Å²) in [7, 11) is 1.68. The minimum Gasteiger partial charge on any atom is -0.489 e. The van der Waals surface area contributed by atoms with Gasteiger partial charge in [-0.3, -0.25) is 0 Å². The Morgan fingerprint density at radius 1 is 1.47 bits per heavy atom. The van der Waals surface area contributed by atoms with Gasteiger partial charge in [-0.05, 0) is 25.1 Å². The zero-order valence-electron chi connectivity index (χ0n) is 8.80. The zero-order valence-corrected chi connectivity index (χ0v) is 11.1. The van der Waals surface area contributed by atoms with Gasteiger partial charge in [0, 0.05) is 24.6 Å². The highest BCUT2D eigenvalue weighted by molar-refractivity contribution is 9.10. The van der Waals surface area contributed by atoms with Gasteiger partial charge in [-0.15, -0.1) is 0 Å². The predicted molar refractivity (Wildman–Crippen MR) is 65.7 cm³/mol. The van der Waals surface area contributed by atoms with E-state index in [1.165, 1.54) is 0 Å². The number of methoxy groups -OCH3 is 1. The van der Waals surface area contributed by atoms with E-state index in [4.69, 9.17) is 21.1 Å². The quantitative estimate of drug-likeness (QED) is 0.819. The molecule has 15 heavy (non-hydrogen) atoms. The molecule has 0 aromatic heterocycles. The van der Waals surface area contributed by atoms with Crippen LogP contribution in [0.1, 0.15) is 13.3 Å². The molecule has 0 saturated carbocycles. The van der Waals surface area contributed by atoms with Crippen molar-refractivity contribution in [2.75, 3.05) is 13.7 Å². The molecule has 0 radical (unpaired) electrons. The first-order valence-corrected chi connectivity index (χ1v) is 5.91. The minimum atomic E-state index is 0.0942. The number of ether oxygens (including phenoxy) is 2. The largest absolute Gasteiger partial charge is 0.489 e. The van der Waals surface area contributed by atoms with Crippen LogP contribution < -0.4 is 4.74 Å². The molecule has 1 unspecified atom stereocenters. The van der Waals surface area contributed by atoms with E-state index in [0.717, 1.165) is 10.9 Å². The van der Waals surface area contributed by atoms with Gasteiger partial charge in [-0.1, -0.05) is 27.5 Å². The van der Waals surface area contributed by atoms with Gasteiger partial charge in [0.15, 0.2) is 0 Å². The van der Waals surface area contributed by atoms with Crippen LogP contribution in [0.3, 0.4) is 0 Å². The summed E-state index contributed by atoms with van der Waals surface area (Å²) in [5, 5.41) is 0.627. The summed E-state index contributed by atoms with van der Waals surface area (Å²) in [6, 6.07) is 5.56. The predicted octanol–water partition coefficient (Wildman–Crippen LogP) is 3.91. The Morgan fingerprint density at radius 2 is 2.20 bits per heavy atom. The van der Waals surface area contributed by atoms with Crippen LogP contribution in [0.25, 0.3) is 0 Å². The summed E-state index contributed by atoms with van der Waals surface area (Å²) in [6.07, 6.45) is 0.941. The number of hydrogen-bond donors (Lipinski definition) is 0. The molecule has 84 valence electrons. The van der Waals surface area contributed by atoms with Gasteiger partial charge in [0.05, 0.1) is 11.1 Å². The molecule has 0 saturated heterocycles. The Kier molecular flexibility index (Phi) is 5.43. The summed E-state index contributed by atoms with van der Waals surface area (Å²) in [4.78, 5) is 0. The summed E-state index contributed by atoms with van der Waals surface area (Å²) in [5.41, 5.74) is 0. The lowest BCUT2D eigenvalue weighted by molar-refractivity contribution is 0.135. The molecule has 1 atom stereocenters. The molecule has 0 aliphatic rings. The van der Waals surface area contributed by atoms with Crippen molar-refractivity contribution in [3.05, 3.63) is 27.7 Å². The first-order valence-electron chi connectivity index (χ1n) is 4.74. The molecule has 0 N–H and O–H groups in total. The van der Waals surface area contributed by atoms with Crippen molar-refractivity contribution in [1.82, 2.24) is 0 Å².